The Morgan fingerprint density at radius 3 is 1.66 bits per heavy atom. The van der Waals surface area contributed by atoms with E-state index in [0.29, 0.717) is 0 Å². The highest BCUT2D eigenvalue weighted by Crippen LogP contribution is 2.09. The van der Waals surface area contributed by atoms with E-state index in [4.69, 9.17) is 39.3 Å². The van der Waals surface area contributed by atoms with E-state index >= 15 is 0 Å². The second-order valence-corrected chi connectivity index (χ2v) is 15.2. The Morgan fingerprint density at radius 1 is 0.672 bits per heavy atom. The maximum atomic E-state index is 13.8. The van der Waals surface area contributed by atoms with Gasteiger partial charge in [-0.1, -0.05) is 6.08 Å². The van der Waals surface area contributed by atoms with Gasteiger partial charge in [-0.05, 0) is 65.6 Å². The number of nitrogens with two attached hydrogens (primary N) is 4. The molecule has 1 saturated heterocycles. The van der Waals surface area contributed by atoms with Crippen LogP contribution >= 0.6 is 11.6 Å². The van der Waals surface area contributed by atoms with E-state index in [-0.39, 0.29) is 45.3 Å². The molecule has 0 spiro atoms. The van der Waals surface area contributed by atoms with E-state index in [1.165, 1.54) is 6.92 Å². The summed E-state index contributed by atoms with van der Waals surface area (Å²) in [5.41, 5.74) is 22.1. The minimum absolute atomic E-state index is 0.0777. The van der Waals surface area contributed by atoms with Gasteiger partial charge in [-0.25, -0.2) is 9.59 Å². The maximum absolute atomic E-state index is 13.8. The quantitative estimate of drug-likeness (QED) is 0.0313. The number of rotatable bonds is 15. The topological polar surface area (TPSA) is 498 Å². The summed E-state index contributed by atoms with van der Waals surface area (Å²) >= 11 is 5.74. The van der Waals surface area contributed by atoms with Crippen LogP contribution in [0.25, 0.3) is 0 Å². The summed E-state index contributed by atoms with van der Waals surface area (Å²) in [7, 11) is 0. The van der Waals surface area contributed by atoms with Gasteiger partial charge in [0.25, 0.3) is 5.91 Å². The van der Waals surface area contributed by atoms with Crippen LogP contribution in [0.5, 0.6) is 0 Å². The summed E-state index contributed by atoms with van der Waals surface area (Å²) < 4.78 is 5.05. The molecule has 8 amide bonds. The number of carbonyl (C=O) groups is 11. The number of carboxylic acid groups (broad SMARTS) is 2. The molecule has 67 heavy (non-hydrogen) atoms. The van der Waals surface area contributed by atoms with Gasteiger partial charge in [0, 0.05) is 0 Å². The number of ether oxygens (including phenoxy) is 1. The Bertz CT molecular complexity index is 1820. The number of aliphatic hydroxyl groups excluding tert-OH is 3. The van der Waals surface area contributed by atoms with Gasteiger partial charge in [0.1, 0.15) is 54.6 Å². The number of carbonyl (C=O) groups excluding carboxylic acids is 9. The molecule has 0 aliphatic carbocycles. The van der Waals surface area contributed by atoms with Crippen molar-refractivity contribution in [2.75, 3.05) is 32.1 Å². The maximum Gasteiger partial charge on any atom is 0.335 e. The summed E-state index contributed by atoms with van der Waals surface area (Å²) in [6, 6.07) is -15.3. The first-order valence-corrected chi connectivity index (χ1v) is 21.2. The van der Waals surface area contributed by atoms with Crippen LogP contribution in [0.4, 0.5) is 0 Å². The largest absolute Gasteiger partial charge is 0.481 e. The zero-order chi connectivity index (χ0) is 51.1. The fourth-order valence-corrected chi connectivity index (χ4v) is 6.05. The van der Waals surface area contributed by atoms with Crippen LogP contribution in [-0.2, 0) is 57.5 Å². The van der Waals surface area contributed by atoms with Gasteiger partial charge in [-0.2, -0.15) is 0 Å². The van der Waals surface area contributed by atoms with Crippen molar-refractivity contribution in [3.05, 3.63) is 11.8 Å². The Kier molecular flexibility index (Phi) is 26.0. The summed E-state index contributed by atoms with van der Waals surface area (Å²) in [6.07, 6.45) is -7.26. The highest BCUT2D eigenvalue weighted by molar-refractivity contribution is 6.18. The molecule has 1 aliphatic heterocycles. The van der Waals surface area contributed by atoms with E-state index in [9.17, 15) is 78.3 Å². The van der Waals surface area contributed by atoms with Gasteiger partial charge < -0.3 is 95.7 Å². The number of cyclic esters (lactones) is 1. The highest BCUT2D eigenvalue weighted by Gasteiger charge is 2.40. The first kappa shape index (κ1) is 58.9. The van der Waals surface area contributed by atoms with Gasteiger partial charge in [0.15, 0.2) is 12.1 Å². The lowest BCUT2D eigenvalue weighted by Gasteiger charge is -2.29. The molecule has 3 unspecified atom stereocenters. The SMILES string of the molecule is C/C=C1\NC(=O)[C@H]([C@H](C)O)NC(=O)C(CCN)NC(=O)[C@H]([C@H](O)C(=O)O)NC(=O)C(CCCCN)NC(=O)[C@H](CC(=O)O)NC(=O)[C@@H](CCN)NC(=O)[C@@H](N)COC(=O)C([C@H](O)CCl)NC1=O. The molecular formula is C37H61ClN12O17. The second kappa shape index (κ2) is 29.5. The lowest BCUT2D eigenvalue weighted by atomic mass is 10.0. The molecule has 0 bridgehead atoms. The average molecular weight is 981 g/mol. The zero-order valence-electron chi connectivity index (χ0n) is 36.5. The lowest BCUT2D eigenvalue weighted by Crippen LogP contribution is -2.63. The molecule has 21 N–H and O–H groups in total. The predicted molar refractivity (Wildman–Crippen MR) is 229 cm³/mol. The van der Waals surface area contributed by atoms with Crippen molar-refractivity contribution < 1.29 is 83.0 Å². The molecule has 0 aromatic rings. The Labute approximate surface area is 387 Å². The average Bonchev–Trinajstić information content (AvgIpc) is 3.27. The van der Waals surface area contributed by atoms with Crippen molar-refractivity contribution in [2.24, 2.45) is 22.9 Å². The van der Waals surface area contributed by atoms with E-state index in [1.807, 2.05) is 5.32 Å². The minimum Gasteiger partial charge on any atom is -0.481 e. The fraction of sp³-hybridized carbons (Fsp3) is 0.649. The van der Waals surface area contributed by atoms with E-state index < -0.39 is 163 Å². The molecule has 11 atom stereocenters. The summed E-state index contributed by atoms with van der Waals surface area (Å²) in [5, 5.41) is 67.9. The van der Waals surface area contributed by atoms with Crippen molar-refractivity contribution in [1.82, 2.24) is 42.5 Å². The normalized spacial score (nSPS) is 27.1. The van der Waals surface area contributed by atoms with Crippen molar-refractivity contribution in [2.45, 2.75) is 119 Å². The lowest BCUT2D eigenvalue weighted by molar-refractivity contribution is -0.153. The number of hydrogen-bond acceptors (Lipinski definition) is 19. The van der Waals surface area contributed by atoms with Crippen molar-refractivity contribution in [3.8, 4) is 0 Å². The number of unbranched alkanes of at least 4 members (excludes halogenated alkanes) is 1. The Balaban J connectivity index is 3.94. The first-order chi connectivity index (χ1) is 31.5. The molecule has 0 saturated carbocycles. The molecule has 0 aromatic heterocycles. The summed E-state index contributed by atoms with van der Waals surface area (Å²) in [5.74, 6) is -16.1. The first-order valence-electron chi connectivity index (χ1n) is 20.7. The number of alkyl halides is 1. The third-order valence-corrected chi connectivity index (χ3v) is 9.91. The Hall–Kier alpha value is -6.08. The molecule has 1 aliphatic rings. The summed E-state index contributed by atoms with van der Waals surface area (Å²) in [4.78, 5) is 145. The van der Waals surface area contributed by atoms with Crippen molar-refractivity contribution in [1.29, 1.82) is 0 Å². The van der Waals surface area contributed by atoms with Crippen LogP contribution in [0.15, 0.2) is 11.8 Å². The number of aliphatic carboxylic acids is 2. The van der Waals surface area contributed by atoms with Crippen molar-refractivity contribution in [3.63, 3.8) is 0 Å². The molecule has 0 aromatic carbocycles. The van der Waals surface area contributed by atoms with Crippen LogP contribution in [-0.4, -0.2) is 189 Å². The third-order valence-electron chi connectivity index (χ3n) is 9.60. The van der Waals surface area contributed by atoms with Gasteiger partial charge in [0.05, 0.1) is 24.5 Å². The number of aliphatic hydroxyl groups is 3. The van der Waals surface area contributed by atoms with Crippen LogP contribution in [0.2, 0.25) is 0 Å². The van der Waals surface area contributed by atoms with Gasteiger partial charge in [0.2, 0.25) is 41.4 Å². The molecule has 1 heterocycles. The van der Waals surface area contributed by atoms with Crippen LogP contribution in [0.1, 0.15) is 52.4 Å². The predicted octanol–water partition coefficient (Wildman–Crippen LogP) is -8.99. The van der Waals surface area contributed by atoms with Gasteiger partial charge in [-0.3, -0.25) is 43.2 Å². The van der Waals surface area contributed by atoms with Gasteiger partial charge in [-0.15, -0.1) is 11.6 Å². The minimum atomic E-state index is -2.73. The van der Waals surface area contributed by atoms with E-state index in [1.54, 1.807) is 0 Å². The fourth-order valence-electron chi connectivity index (χ4n) is 5.87. The monoisotopic (exact) mass is 980 g/mol. The van der Waals surface area contributed by atoms with Crippen molar-refractivity contribution >= 4 is 76.8 Å². The molecule has 1 fully saturated rings. The number of hydrogen-bond donors (Lipinski definition) is 17. The standard InChI is InChI=1S/C37H61ClN12O17/c1-3-17-29(57)49-25(22(52)13-38)37(66)67-14-16(42)28(56)44-19(7-10-40)30(58)47-21(12-23(53)54)33(61)45-18(6-4-5-9-39)31(59)50-26(27(55)36(64)65)35(63)46-20(8-11-41)32(60)48-24(15(2)51)34(62)43-17/h3,15-16,18-22,24-27,51-52,55H,4-14,39-42H2,1-2H3,(H,43,62)(H,44,56)(H,45,61)(H,46,63)(H,47,58)(H,48,60)(H,49,57)(H,50,59)(H,53,54)(H,64,65)/b17-3-/t15-,16-,18?,19+,20?,21-,22+,24-,25?,26-,27-/m0/s1. The number of carboxylic acids is 2. The van der Waals surface area contributed by atoms with Gasteiger partial charge >= 0.3 is 17.9 Å². The number of amides is 8. The number of allylic oxidation sites excluding steroid dienone is 1. The smallest absolute Gasteiger partial charge is 0.335 e. The molecule has 378 valence electrons. The molecule has 30 heteroatoms. The third kappa shape index (κ3) is 19.4. The summed E-state index contributed by atoms with van der Waals surface area (Å²) in [6.45, 7) is 0.750. The molecular weight excluding hydrogens is 920 g/mol. The second-order valence-electron chi connectivity index (χ2n) is 14.9. The van der Waals surface area contributed by atoms with Crippen LogP contribution in [0, 0.1) is 0 Å². The highest BCUT2D eigenvalue weighted by atomic mass is 35.5. The van der Waals surface area contributed by atoms with E-state index in [0.717, 1.165) is 13.0 Å². The Morgan fingerprint density at radius 2 is 1.16 bits per heavy atom. The van der Waals surface area contributed by atoms with Crippen LogP contribution in [0.3, 0.4) is 0 Å². The number of nitrogens with one attached hydrogen (secondary N) is 8. The number of esters is 1. The molecule has 29 nitrogen and oxygen atoms in total. The number of halogens is 1. The zero-order valence-corrected chi connectivity index (χ0v) is 37.3. The molecule has 1 rings (SSSR count). The van der Waals surface area contributed by atoms with E-state index in [2.05, 4.69) is 37.2 Å². The van der Waals surface area contributed by atoms with Crippen LogP contribution < -0.4 is 65.5 Å². The molecule has 0 radical (unpaired) electrons.